The van der Waals surface area contributed by atoms with Gasteiger partial charge in [-0.2, -0.15) is 0 Å². The summed E-state index contributed by atoms with van der Waals surface area (Å²) in [6.45, 7) is 0. The summed E-state index contributed by atoms with van der Waals surface area (Å²) in [5, 5.41) is 0. The van der Waals surface area contributed by atoms with Crippen molar-refractivity contribution in [2.45, 2.75) is 0 Å². The van der Waals surface area contributed by atoms with Gasteiger partial charge in [0.2, 0.25) is 0 Å². The first kappa shape index (κ1) is 9.72. The number of hydrogen-bond acceptors (Lipinski definition) is 4. The van der Waals surface area contributed by atoms with Gasteiger partial charge in [-0.25, -0.2) is 0 Å². The molecule has 0 fully saturated rings. The second-order valence-electron chi connectivity index (χ2n) is 0.408. The molecule has 0 amide bonds. The van der Waals surface area contributed by atoms with Crippen molar-refractivity contribution in [2.24, 2.45) is 0 Å². The summed E-state index contributed by atoms with van der Waals surface area (Å²) < 4.78 is 34.1. The van der Waals surface area contributed by atoms with Gasteiger partial charge in [-0.3, -0.25) is 8.42 Å². The van der Waals surface area contributed by atoms with Gasteiger partial charge in [-0.15, -0.1) is 0 Å². The van der Waals surface area contributed by atoms with Crippen LogP contribution < -0.4 is 0 Å². The van der Waals surface area contributed by atoms with Crippen LogP contribution in [0.4, 0.5) is 0 Å². The van der Waals surface area contributed by atoms with Crippen molar-refractivity contribution in [1.29, 1.82) is 0 Å². The summed E-state index contributed by atoms with van der Waals surface area (Å²) >= 11 is 0. The van der Waals surface area contributed by atoms with Crippen LogP contribution in [0.25, 0.3) is 0 Å². The fourth-order valence-electron chi connectivity index (χ4n) is 0. The Morgan fingerprint density at radius 1 is 1.17 bits per heavy atom. The van der Waals surface area contributed by atoms with Gasteiger partial charge in [0.05, 0.1) is 0 Å². The van der Waals surface area contributed by atoms with E-state index < -0.39 is 10.4 Å². The van der Waals surface area contributed by atoms with Gasteiger partial charge in [-0.05, 0) is 0 Å². The maximum absolute atomic E-state index is 8.52. The van der Waals surface area contributed by atoms with Crippen molar-refractivity contribution in [3.63, 3.8) is 0 Å². The molecule has 0 heterocycles. The normalized spacial score (nSPS) is 9.67. The molecule has 6 heavy (non-hydrogen) atoms. The van der Waals surface area contributed by atoms with Gasteiger partial charge in [0.1, 0.15) is 0 Å². The fourth-order valence-corrected chi connectivity index (χ4v) is 0. The van der Waals surface area contributed by atoms with Crippen LogP contribution >= 0.6 is 0 Å². The van der Waals surface area contributed by atoms with Crippen LogP contribution in [-0.2, 0) is 30.5 Å². The Kier molecular flexibility index (Phi) is 4.30. The topological polar surface area (TPSA) is 80.3 Å². The van der Waals surface area contributed by atoms with Crippen molar-refractivity contribution < 1.29 is 37.6 Å². The predicted molar refractivity (Wildman–Crippen MR) is 10.5 cm³/mol. The first-order chi connectivity index (χ1) is 2.00. The van der Waals surface area contributed by atoms with Crippen LogP contribution in [0.1, 0.15) is 0 Å². The molecule has 0 bridgehead atoms. The summed E-state index contributed by atoms with van der Waals surface area (Å²) in [6, 6.07) is 0. The van der Waals surface area contributed by atoms with Gasteiger partial charge >= 0.3 is 0 Å². The first-order valence-corrected chi connectivity index (χ1v) is 2.00. The molecule has 0 spiro atoms. The minimum Gasteiger partial charge on any atom is -0.759 e. The van der Waals surface area contributed by atoms with Crippen molar-refractivity contribution in [3.05, 3.63) is 0 Å². The van der Waals surface area contributed by atoms with E-state index >= 15 is 0 Å². The van der Waals surface area contributed by atoms with Gasteiger partial charge in [0.25, 0.3) is 0 Å². The minimum atomic E-state index is -5.17. The summed E-state index contributed by atoms with van der Waals surface area (Å²) in [5.74, 6) is 0. The fraction of sp³-hybridized carbons (Fsp3) is 0. The van der Waals surface area contributed by atoms with Gasteiger partial charge in [0.15, 0.2) is 0 Å². The van der Waals surface area contributed by atoms with Crippen LogP contribution in [-0.4, -0.2) is 17.5 Å². The Morgan fingerprint density at radius 3 is 1.17 bits per heavy atom. The Balaban J connectivity index is 0. The standard InChI is InChI=1S/Ir.H2O4S/c;1-5(2,3)4/h;(H2,1,2,3,4)/p-2. The second kappa shape index (κ2) is 2.65. The van der Waals surface area contributed by atoms with Crippen LogP contribution in [0.3, 0.4) is 0 Å². The second-order valence-corrected chi connectivity index (χ2v) is 1.22. The third-order valence-corrected chi connectivity index (χ3v) is 0. The molecule has 41 valence electrons. The zero-order valence-electron chi connectivity index (χ0n) is 2.37. The summed E-state index contributed by atoms with van der Waals surface area (Å²) in [7, 11) is -5.17. The molecule has 0 aliphatic carbocycles. The minimum absolute atomic E-state index is 0. The first-order valence-electron chi connectivity index (χ1n) is 0.667. The monoisotopic (exact) mass is 289 g/mol. The molecule has 0 unspecified atom stereocenters. The largest absolute Gasteiger partial charge is 0.759 e. The van der Waals surface area contributed by atoms with Gasteiger partial charge < -0.3 is 9.11 Å². The van der Waals surface area contributed by atoms with E-state index in [9.17, 15) is 0 Å². The third-order valence-electron chi connectivity index (χ3n) is 0. The van der Waals surface area contributed by atoms with E-state index in [0.29, 0.717) is 0 Å². The Hall–Kier alpha value is 0.519. The van der Waals surface area contributed by atoms with E-state index in [1.165, 1.54) is 0 Å². The molecule has 0 aromatic carbocycles. The van der Waals surface area contributed by atoms with E-state index in [2.05, 4.69) is 0 Å². The van der Waals surface area contributed by atoms with Crippen LogP contribution in [0.2, 0.25) is 0 Å². The maximum atomic E-state index is 8.52. The Bertz CT molecular complexity index is 90.7. The molecule has 0 N–H and O–H groups in total. The van der Waals surface area contributed by atoms with Crippen molar-refractivity contribution in [1.82, 2.24) is 0 Å². The van der Waals surface area contributed by atoms with Gasteiger partial charge in [-0.1, -0.05) is 0 Å². The van der Waals surface area contributed by atoms with E-state index in [1.807, 2.05) is 0 Å². The van der Waals surface area contributed by atoms with E-state index in [4.69, 9.17) is 17.5 Å². The third kappa shape index (κ3) is 208. The molecular formula is IrO4S-2. The maximum Gasteiger partial charge on any atom is 0.0311 e. The van der Waals surface area contributed by atoms with E-state index in [1.54, 1.807) is 0 Å². The Labute approximate surface area is 48.5 Å². The van der Waals surface area contributed by atoms with Crippen LogP contribution in [0, 0.1) is 0 Å². The predicted octanol–water partition coefficient (Wildman–Crippen LogP) is -1.34. The van der Waals surface area contributed by atoms with E-state index in [-0.39, 0.29) is 20.1 Å². The average molecular weight is 288 g/mol. The molecule has 0 saturated carbocycles. The van der Waals surface area contributed by atoms with Crippen LogP contribution in [0.5, 0.6) is 0 Å². The van der Waals surface area contributed by atoms with Crippen molar-refractivity contribution >= 4 is 10.4 Å². The molecule has 0 aliphatic heterocycles. The zero-order chi connectivity index (χ0) is 4.50. The van der Waals surface area contributed by atoms with Gasteiger partial charge in [0, 0.05) is 30.5 Å². The summed E-state index contributed by atoms with van der Waals surface area (Å²) in [6.07, 6.45) is 0. The smallest absolute Gasteiger partial charge is 0.0311 e. The SMILES string of the molecule is O=S(=O)([O-])[O-].[Ir]. The number of hydrogen-bond donors (Lipinski definition) is 0. The quantitative estimate of drug-likeness (QED) is 0.408. The summed E-state index contributed by atoms with van der Waals surface area (Å²) in [4.78, 5) is 0. The molecule has 0 saturated heterocycles. The molecule has 0 aliphatic rings. The number of rotatable bonds is 0. The molecule has 0 aromatic heterocycles. The molecule has 0 aromatic rings. The Morgan fingerprint density at radius 2 is 1.17 bits per heavy atom. The van der Waals surface area contributed by atoms with E-state index in [0.717, 1.165) is 0 Å². The zero-order valence-corrected chi connectivity index (χ0v) is 5.59. The van der Waals surface area contributed by atoms with Crippen LogP contribution in [0.15, 0.2) is 0 Å². The molecule has 0 rings (SSSR count). The molecule has 6 heteroatoms. The molecule has 0 atom stereocenters. The van der Waals surface area contributed by atoms with Crippen molar-refractivity contribution in [2.75, 3.05) is 0 Å². The summed E-state index contributed by atoms with van der Waals surface area (Å²) in [5.41, 5.74) is 0. The molecular weight excluding hydrogens is 288 g/mol. The van der Waals surface area contributed by atoms with Crippen molar-refractivity contribution in [3.8, 4) is 0 Å². The average Bonchev–Trinajstić information content (AvgIpc) is 0.722. The molecule has 4 nitrogen and oxygen atoms in total. The molecule has 1 radical (unpaired) electrons.